The lowest BCUT2D eigenvalue weighted by Crippen LogP contribution is -2.50. The van der Waals surface area contributed by atoms with Gasteiger partial charge in [0.15, 0.2) is 0 Å². The van der Waals surface area contributed by atoms with Crippen LogP contribution in [0, 0.1) is 12.3 Å². The first-order chi connectivity index (χ1) is 15.1. The van der Waals surface area contributed by atoms with Crippen LogP contribution in [0.5, 0.6) is 0 Å². The number of nitrogens with one attached hydrogen (secondary N) is 2. The van der Waals surface area contributed by atoms with Gasteiger partial charge in [0.2, 0.25) is 0 Å². The molecule has 1 aromatic heterocycles. The summed E-state index contributed by atoms with van der Waals surface area (Å²) in [6.45, 7) is 24.1. The molecule has 0 saturated carbocycles. The van der Waals surface area contributed by atoms with Crippen LogP contribution in [0.3, 0.4) is 0 Å². The lowest BCUT2D eigenvalue weighted by atomic mass is 9.84. The van der Waals surface area contributed by atoms with Crippen LogP contribution in [0.25, 0.3) is 10.4 Å². The van der Waals surface area contributed by atoms with Crippen molar-refractivity contribution in [1.82, 2.24) is 20.5 Å². The molecule has 0 amide bonds. The average molecular weight is 453 g/mol. The Morgan fingerprint density at radius 2 is 1.91 bits per heavy atom. The second-order valence-electron chi connectivity index (χ2n) is 10.3. The summed E-state index contributed by atoms with van der Waals surface area (Å²) in [5.41, 5.74) is 7.86. The van der Waals surface area contributed by atoms with Gasteiger partial charge >= 0.3 is 0 Å². The molecule has 0 aliphatic carbocycles. The molecule has 0 spiro atoms. The summed E-state index contributed by atoms with van der Waals surface area (Å²) in [4.78, 5) is 8.08. The maximum Gasteiger partial charge on any atom is 0.0801 e. The number of aromatic nitrogens is 1. The lowest BCUT2D eigenvalue weighted by molar-refractivity contribution is 0.219. The molecule has 1 aliphatic rings. The van der Waals surface area contributed by atoms with Crippen molar-refractivity contribution < 1.29 is 0 Å². The molecular formula is C27H40N4S. The summed E-state index contributed by atoms with van der Waals surface area (Å²) in [6, 6.07) is 9.71. The summed E-state index contributed by atoms with van der Waals surface area (Å²) < 4.78 is 0. The minimum atomic E-state index is 0.0986. The van der Waals surface area contributed by atoms with Crippen LogP contribution in [0.4, 0.5) is 0 Å². The first kappa shape index (κ1) is 24.5. The molecule has 1 aliphatic heterocycles. The fraction of sp³-hybridized carbons (Fsp3) is 0.519. The molecule has 2 unspecified atom stereocenters. The van der Waals surface area contributed by atoms with Gasteiger partial charge in [0.05, 0.1) is 28.2 Å². The van der Waals surface area contributed by atoms with Crippen LogP contribution in [-0.2, 0) is 6.54 Å². The van der Waals surface area contributed by atoms with E-state index in [0.717, 1.165) is 30.9 Å². The Labute approximate surface area is 198 Å². The van der Waals surface area contributed by atoms with E-state index in [1.807, 2.05) is 5.51 Å². The predicted molar refractivity (Wildman–Crippen MR) is 139 cm³/mol. The first-order valence-corrected chi connectivity index (χ1v) is 12.6. The highest BCUT2D eigenvalue weighted by Crippen LogP contribution is 2.33. The second-order valence-corrected chi connectivity index (χ2v) is 11.2. The molecule has 0 bridgehead atoms. The Balaban J connectivity index is 1.63. The van der Waals surface area contributed by atoms with Crippen LogP contribution >= 0.6 is 11.3 Å². The van der Waals surface area contributed by atoms with Crippen molar-refractivity contribution in [2.24, 2.45) is 5.41 Å². The van der Waals surface area contributed by atoms with Crippen molar-refractivity contribution in [3.05, 3.63) is 65.6 Å². The summed E-state index contributed by atoms with van der Waals surface area (Å²) in [7, 11) is 0. The molecule has 174 valence electrons. The van der Waals surface area contributed by atoms with Gasteiger partial charge in [-0.05, 0) is 36.3 Å². The van der Waals surface area contributed by atoms with E-state index in [1.165, 1.54) is 28.1 Å². The van der Waals surface area contributed by atoms with E-state index in [-0.39, 0.29) is 11.5 Å². The summed E-state index contributed by atoms with van der Waals surface area (Å²) >= 11 is 1.69. The number of aryl methyl sites for hydroxylation is 1. The molecular weight excluding hydrogens is 412 g/mol. The average Bonchev–Trinajstić information content (AvgIpc) is 3.38. The maximum absolute atomic E-state index is 4.54. The molecule has 3 rings (SSSR count). The zero-order valence-corrected chi connectivity index (χ0v) is 21.5. The van der Waals surface area contributed by atoms with Gasteiger partial charge in [0.1, 0.15) is 0 Å². The second kappa shape index (κ2) is 10.2. The fourth-order valence-electron chi connectivity index (χ4n) is 4.50. The van der Waals surface area contributed by atoms with Crippen molar-refractivity contribution in [3.8, 4) is 10.4 Å². The van der Waals surface area contributed by atoms with Gasteiger partial charge in [0, 0.05) is 30.5 Å². The minimum Gasteiger partial charge on any atom is -0.383 e. The Morgan fingerprint density at radius 3 is 2.47 bits per heavy atom. The van der Waals surface area contributed by atoms with Crippen LogP contribution in [0.15, 0.2) is 54.3 Å². The SMILES string of the molecule is C=C(NCc1ccc(-c2scnc2C)cc1)C1CCCN1C(=C)C(NC(C)C)C(C)(C)C. The van der Waals surface area contributed by atoms with Crippen molar-refractivity contribution >= 4 is 11.3 Å². The number of rotatable bonds is 9. The van der Waals surface area contributed by atoms with Gasteiger partial charge in [-0.15, -0.1) is 11.3 Å². The van der Waals surface area contributed by atoms with Crippen molar-refractivity contribution in [3.63, 3.8) is 0 Å². The number of hydrogen-bond donors (Lipinski definition) is 2. The maximum atomic E-state index is 4.54. The van der Waals surface area contributed by atoms with E-state index in [0.29, 0.717) is 12.1 Å². The number of nitrogens with zero attached hydrogens (tertiary/aromatic N) is 2. The van der Waals surface area contributed by atoms with Gasteiger partial charge in [0.25, 0.3) is 0 Å². The third kappa shape index (κ3) is 5.81. The zero-order valence-electron chi connectivity index (χ0n) is 20.7. The standard InChI is InChI=1S/C27H40N4S/c1-18(2)30-26(27(6,7)8)21(5)31-15-9-10-24(31)19(3)28-16-22-11-13-23(14-12-22)25-20(4)29-17-32-25/h11-14,17-18,24,26,28,30H,3,5,9-10,15-16H2,1-2,4,6-8H3. The molecule has 5 heteroatoms. The normalized spacial score (nSPS) is 17.6. The Kier molecular flexibility index (Phi) is 7.84. The highest BCUT2D eigenvalue weighted by Gasteiger charge is 2.35. The monoisotopic (exact) mass is 452 g/mol. The molecule has 0 radical (unpaired) electrons. The smallest absolute Gasteiger partial charge is 0.0801 e. The van der Waals surface area contributed by atoms with E-state index in [1.54, 1.807) is 11.3 Å². The van der Waals surface area contributed by atoms with Gasteiger partial charge in [-0.2, -0.15) is 0 Å². The molecule has 4 nitrogen and oxygen atoms in total. The van der Waals surface area contributed by atoms with E-state index >= 15 is 0 Å². The predicted octanol–water partition coefficient (Wildman–Crippen LogP) is 6.11. The molecule has 2 aromatic rings. The van der Waals surface area contributed by atoms with Crippen molar-refractivity contribution in [1.29, 1.82) is 0 Å². The van der Waals surface area contributed by atoms with Crippen LogP contribution < -0.4 is 10.6 Å². The van der Waals surface area contributed by atoms with E-state index in [9.17, 15) is 0 Å². The highest BCUT2D eigenvalue weighted by molar-refractivity contribution is 7.13. The fourth-order valence-corrected chi connectivity index (χ4v) is 5.32. The van der Waals surface area contributed by atoms with Gasteiger partial charge < -0.3 is 15.5 Å². The zero-order chi connectivity index (χ0) is 23.5. The van der Waals surface area contributed by atoms with Crippen molar-refractivity contribution in [2.75, 3.05) is 6.54 Å². The number of hydrogen-bond acceptors (Lipinski definition) is 5. The Morgan fingerprint density at radius 1 is 1.22 bits per heavy atom. The Hall–Kier alpha value is -2.11. The molecule has 32 heavy (non-hydrogen) atoms. The first-order valence-electron chi connectivity index (χ1n) is 11.7. The Bertz CT molecular complexity index is 920. The van der Waals surface area contributed by atoms with Crippen LogP contribution in [-0.4, -0.2) is 34.6 Å². The molecule has 1 saturated heterocycles. The largest absolute Gasteiger partial charge is 0.383 e. The topological polar surface area (TPSA) is 40.2 Å². The molecule has 2 atom stereocenters. The van der Waals surface area contributed by atoms with Crippen molar-refractivity contribution in [2.45, 2.75) is 79.1 Å². The summed E-state index contributed by atoms with van der Waals surface area (Å²) in [5, 5.41) is 7.34. The van der Waals surface area contributed by atoms with Crippen LogP contribution in [0.1, 0.15) is 58.7 Å². The molecule has 2 N–H and O–H groups in total. The number of thiazole rings is 1. The molecule has 1 aromatic carbocycles. The third-order valence-electron chi connectivity index (χ3n) is 6.20. The van der Waals surface area contributed by atoms with Gasteiger partial charge in [-0.3, -0.25) is 0 Å². The van der Waals surface area contributed by atoms with E-state index in [2.05, 4.69) is 99.5 Å². The number of benzene rings is 1. The summed E-state index contributed by atoms with van der Waals surface area (Å²) in [5.74, 6) is 0. The third-order valence-corrected chi connectivity index (χ3v) is 7.18. The molecule has 1 fully saturated rings. The highest BCUT2D eigenvalue weighted by atomic mass is 32.1. The summed E-state index contributed by atoms with van der Waals surface area (Å²) in [6.07, 6.45) is 2.29. The lowest BCUT2D eigenvalue weighted by Gasteiger charge is -2.41. The van der Waals surface area contributed by atoms with Gasteiger partial charge in [-0.25, -0.2) is 4.98 Å². The van der Waals surface area contributed by atoms with E-state index < -0.39 is 0 Å². The molecule has 2 heterocycles. The quantitative estimate of drug-likeness (QED) is 0.481. The van der Waals surface area contributed by atoms with Gasteiger partial charge in [-0.1, -0.05) is 72.0 Å². The minimum absolute atomic E-state index is 0.0986. The van der Waals surface area contributed by atoms with Crippen LogP contribution in [0.2, 0.25) is 0 Å². The number of likely N-dealkylation sites (tertiary alicyclic amines) is 1. The van der Waals surface area contributed by atoms with E-state index in [4.69, 9.17) is 0 Å².